The third-order valence-electron chi connectivity index (χ3n) is 4.27. The zero-order valence-corrected chi connectivity index (χ0v) is 16.9. The average Bonchev–Trinajstić information content (AvgIpc) is 3.06. The fourth-order valence-electron chi connectivity index (χ4n) is 2.85. The van der Waals surface area contributed by atoms with Crippen LogP contribution in [0.2, 0.25) is 0 Å². The van der Waals surface area contributed by atoms with Crippen molar-refractivity contribution in [1.29, 1.82) is 5.26 Å². The van der Waals surface area contributed by atoms with Gasteiger partial charge in [0.05, 0.1) is 16.9 Å². The third-order valence-corrected chi connectivity index (χ3v) is 5.00. The standard InChI is InChI=1S/C20H17F3N6OS/c21-12-5-7-13(8-6-12)29-17(25)15(11-24)16(28-29)4-2-9-26-18(30)14-3-1-10-27-19(14)31-20(22)23/h1,3,5-8,10,20H,2,4,9,25H2,(H,26,30). The number of hydrogen-bond acceptors (Lipinski definition) is 6. The van der Waals surface area contributed by atoms with Gasteiger partial charge in [-0.05, 0) is 61.0 Å². The Bertz CT molecular complexity index is 1110. The molecule has 11 heteroatoms. The number of aromatic nitrogens is 3. The molecule has 0 unspecified atom stereocenters. The van der Waals surface area contributed by atoms with Crippen molar-refractivity contribution in [3.8, 4) is 11.8 Å². The molecular formula is C20H17F3N6OS. The Morgan fingerprint density at radius 2 is 2.03 bits per heavy atom. The van der Waals surface area contributed by atoms with E-state index in [9.17, 15) is 23.2 Å². The first-order valence-corrected chi connectivity index (χ1v) is 10.00. The number of hydrogen-bond donors (Lipinski definition) is 2. The van der Waals surface area contributed by atoms with Gasteiger partial charge in [0.15, 0.2) is 0 Å². The molecule has 0 aliphatic rings. The van der Waals surface area contributed by atoms with Crippen molar-refractivity contribution in [2.24, 2.45) is 0 Å². The van der Waals surface area contributed by atoms with Crippen LogP contribution in [0.5, 0.6) is 0 Å². The molecule has 7 nitrogen and oxygen atoms in total. The molecule has 2 aromatic heterocycles. The summed E-state index contributed by atoms with van der Waals surface area (Å²) in [7, 11) is 0. The zero-order chi connectivity index (χ0) is 22.4. The summed E-state index contributed by atoms with van der Waals surface area (Å²) in [6.45, 7) is 0.223. The molecule has 0 bridgehead atoms. The minimum atomic E-state index is -2.69. The predicted molar refractivity (Wildman–Crippen MR) is 109 cm³/mol. The normalized spacial score (nSPS) is 10.8. The van der Waals surface area contributed by atoms with Gasteiger partial charge in [-0.25, -0.2) is 14.1 Å². The SMILES string of the molecule is N#Cc1c(CCCNC(=O)c2cccnc2SC(F)F)nn(-c2ccc(F)cc2)c1N. The van der Waals surface area contributed by atoms with Crippen LogP contribution < -0.4 is 11.1 Å². The van der Waals surface area contributed by atoms with Crippen molar-refractivity contribution < 1.29 is 18.0 Å². The summed E-state index contributed by atoms with van der Waals surface area (Å²) in [4.78, 5) is 16.1. The van der Waals surface area contributed by atoms with Crippen LogP contribution in [0.25, 0.3) is 5.69 Å². The number of thioether (sulfide) groups is 1. The van der Waals surface area contributed by atoms with Gasteiger partial charge in [-0.3, -0.25) is 4.79 Å². The largest absolute Gasteiger partial charge is 0.382 e. The first kappa shape index (κ1) is 22.2. The number of benzene rings is 1. The lowest BCUT2D eigenvalue weighted by Crippen LogP contribution is -2.25. The lowest BCUT2D eigenvalue weighted by Gasteiger charge is -2.08. The van der Waals surface area contributed by atoms with Gasteiger partial charge in [-0.15, -0.1) is 0 Å². The van der Waals surface area contributed by atoms with E-state index in [-0.39, 0.29) is 40.3 Å². The number of carbonyl (C=O) groups is 1. The molecule has 3 aromatic rings. The maximum absolute atomic E-state index is 13.1. The molecule has 0 aliphatic heterocycles. The summed E-state index contributed by atoms with van der Waals surface area (Å²) in [6, 6.07) is 10.4. The minimum Gasteiger partial charge on any atom is -0.382 e. The van der Waals surface area contributed by atoms with E-state index in [4.69, 9.17) is 5.73 Å². The lowest BCUT2D eigenvalue weighted by molar-refractivity contribution is 0.0949. The second kappa shape index (κ2) is 9.99. The van der Waals surface area contributed by atoms with E-state index in [2.05, 4.69) is 15.4 Å². The highest BCUT2D eigenvalue weighted by Gasteiger charge is 2.18. The van der Waals surface area contributed by atoms with Crippen LogP contribution in [0.1, 0.15) is 28.0 Å². The summed E-state index contributed by atoms with van der Waals surface area (Å²) in [5, 5.41) is 16.4. The molecule has 0 spiro atoms. The molecule has 0 aliphatic carbocycles. The number of carbonyl (C=O) groups excluding carboxylic acids is 1. The Labute approximate surface area is 180 Å². The highest BCUT2D eigenvalue weighted by Crippen LogP contribution is 2.26. The molecule has 3 N–H and O–H groups in total. The summed E-state index contributed by atoms with van der Waals surface area (Å²) >= 11 is 0.206. The number of rotatable bonds is 8. The van der Waals surface area contributed by atoms with Crippen molar-refractivity contribution in [3.05, 3.63) is 65.2 Å². The number of alkyl halides is 2. The number of nitrogens with one attached hydrogen (secondary N) is 1. The van der Waals surface area contributed by atoms with Gasteiger partial charge in [-0.1, -0.05) is 0 Å². The smallest absolute Gasteiger partial charge is 0.290 e. The van der Waals surface area contributed by atoms with Crippen molar-refractivity contribution >= 4 is 23.5 Å². The predicted octanol–water partition coefficient (Wildman–Crippen LogP) is 3.54. The highest BCUT2D eigenvalue weighted by molar-refractivity contribution is 7.99. The number of amides is 1. The number of nitrogens with zero attached hydrogens (tertiary/aromatic N) is 4. The first-order chi connectivity index (χ1) is 14.9. The Morgan fingerprint density at radius 1 is 1.29 bits per heavy atom. The van der Waals surface area contributed by atoms with Gasteiger partial charge < -0.3 is 11.1 Å². The van der Waals surface area contributed by atoms with Gasteiger partial charge in [-0.2, -0.15) is 19.1 Å². The fourth-order valence-corrected chi connectivity index (χ4v) is 3.43. The van der Waals surface area contributed by atoms with Crippen LogP contribution in [0, 0.1) is 17.1 Å². The monoisotopic (exact) mass is 446 g/mol. The van der Waals surface area contributed by atoms with Gasteiger partial charge in [0, 0.05) is 12.7 Å². The molecule has 31 heavy (non-hydrogen) atoms. The number of nitrogen functional groups attached to an aromatic ring is 1. The molecule has 0 radical (unpaired) electrons. The summed E-state index contributed by atoms with van der Waals surface area (Å²) in [5.41, 5.74) is 7.23. The number of pyridine rings is 1. The second-order valence-electron chi connectivity index (χ2n) is 6.30. The molecule has 160 valence electrons. The molecule has 2 heterocycles. The van der Waals surface area contributed by atoms with Gasteiger partial charge in [0.2, 0.25) is 0 Å². The van der Waals surface area contributed by atoms with Gasteiger partial charge in [0.25, 0.3) is 11.7 Å². The molecule has 1 aromatic carbocycles. The van der Waals surface area contributed by atoms with Crippen LogP contribution in [0.3, 0.4) is 0 Å². The number of nitriles is 1. The van der Waals surface area contributed by atoms with Crippen molar-refractivity contribution in [2.75, 3.05) is 12.3 Å². The Balaban J connectivity index is 1.64. The number of nitrogens with two attached hydrogens (primary N) is 1. The van der Waals surface area contributed by atoms with Crippen LogP contribution in [-0.2, 0) is 6.42 Å². The fraction of sp³-hybridized carbons (Fsp3) is 0.200. The number of halogens is 3. The second-order valence-corrected chi connectivity index (χ2v) is 7.28. The third kappa shape index (κ3) is 5.35. The maximum atomic E-state index is 13.1. The van der Waals surface area contributed by atoms with E-state index in [1.165, 1.54) is 47.3 Å². The number of anilines is 1. The van der Waals surface area contributed by atoms with Crippen LogP contribution in [0.15, 0.2) is 47.6 Å². The topological polar surface area (TPSA) is 110 Å². The lowest BCUT2D eigenvalue weighted by atomic mass is 10.1. The van der Waals surface area contributed by atoms with E-state index in [1.54, 1.807) is 0 Å². The number of aryl methyl sites for hydroxylation is 1. The van der Waals surface area contributed by atoms with Crippen molar-refractivity contribution in [3.63, 3.8) is 0 Å². The van der Waals surface area contributed by atoms with E-state index in [0.717, 1.165) is 0 Å². The summed E-state index contributed by atoms with van der Waals surface area (Å²) < 4.78 is 39.8. The van der Waals surface area contributed by atoms with Crippen LogP contribution >= 0.6 is 11.8 Å². The van der Waals surface area contributed by atoms with Crippen molar-refractivity contribution in [2.45, 2.75) is 23.6 Å². The minimum absolute atomic E-state index is 0.0485. The van der Waals surface area contributed by atoms with Crippen LogP contribution in [-0.4, -0.2) is 33.0 Å². The molecule has 0 atom stereocenters. The van der Waals surface area contributed by atoms with Crippen LogP contribution in [0.4, 0.5) is 19.0 Å². The molecule has 1 amide bonds. The Kier molecular flexibility index (Phi) is 7.15. The highest BCUT2D eigenvalue weighted by atomic mass is 32.2. The van der Waals surface area contributed by atoms with E-state index in [1.807, 2.05) is 6.07 Å². The molecular weight excluding hydrogens is 429 g/mol. The van der Waals surface area contributed by atoms with Gasteiger partial charge in [0.1, 0.15) is 28.3 Å². The van der Waals surface area contributed by atoms with E-state index < -0.39 is 17.5 Å². The van der Waals surface area contributed by atoms with Crippen molar-refractivity contribution in [1.82, 2.24) is 20.1 Å². The van der Waals surface area contributed by atoms with E-state index >= 15 is 0 Å². The molecule has 0 fully saturated rings. The first-order valence-electron chi connectivity index (χ1n) is 9.12. The average molecular weight is 446 g/mol. The quantitative estimate of drug-likeness (QED) is 0.405. The molecule has 3 rings (SSSR count). The maximum Gasteiger partial charge on any atom is 0.290 e. The Hall–Kier alpha value is -3.52. The van der Waals surface area contributed by atoms with E-state index in [0.29, 0.717) is 24.2 Å². The Morgan fingerprint density at radius 3 is 2.71 bits per heavy atom. The summed E-state index contributed by atoms with van der Waals surface area (Å²) in [5.74, 6) is -3.48. The summed E-state index contributed by atoms with van der Waals surface area (Å²) in [6.07, 6.45) is 2.11. The van der Waals surface area contributed by atoms with Gasteiger partial charge >= 0.3 is 0 Å². The molecule has 0 saturated heterocycles. The molecule has 0 saturated carbocycles. The zero-order valence-electron chi connectivity index (χ0n) is 16.1.